The number of pyridine rings is 1. The average molecular weight is 137 g/mol. The van der Waals surface area contributed by atoms with Crippen LogP contribution in [-0.2, 0) is 4.79 Å². The number of carbonyl (C=O) groups is 1. The zero-order valence-corrected chi connectivity index (χ0v) is 6.03. The van der Waals surface area contributed by atoms with Gasteiger partial charge in [0.05, 0.1) is 0 Å². The largest absolute Gasteiger partial charge is 0.303 e. The molecule has 2 heteroatoms. The molecule has 10 heavy (non-hydrogen) atoms. The van der Waals surface area contributed by atoms with E-state index >= 15 is 0 Å². The van der Waals surface area contributed by atoms with E-state index in [1.807, 2.05) is 25.1 Å². The Labute approximate surface area is 60.9 Å². The molecule has 2 nitrogen and oxygen atoms in total. The second kappa shape index (κ2) is 7.82. The zero-order valence-electron chi connectivity index (χ0n) is 6.03. The van der Waals surface area contributed by atoms with Crippen molar-refractivity contribution in [2.45, 2.75) is 13.3 Å². The van der Waals surface area contributed by atoms with E-state index < -0.39 is 0 Å². The number of hydrogen-bond acceptors (Lipinski definition) is 2. The van der Waals surface area contributed by atoms with Gasteiger partial charge in [-0.25, -0.2) is 0 Å². The molecular formula is C8H11NO. The summed E-state index contributed by atoms with van der Waals surface area (Å²) in [7, 11) is 0. The van der Waals surface area contributed by atoms with E-state index in [-0.39, 0.29) is 0 Å². The van der Waals surface area contributed by atoms with Crippen LogP contribution in [0.1, 0.15) is 13.3 Å². The number of rotatable bonds is 1. The monoisotopic (exact) mass is 137 g/mol. The summed E-state index contributed by atoms with van der Waals surface area (Å²) in [6.07, 6.45) is 5.01. The van der Waals surface area contributed by atoms with E-state index in [1.165, 1.54) is 0 Å². The Balaban J connectivity index is 0.000000180. The first-order chi connectivity index (χ1) is 4.91. The van der Waals surface area contributed by atoms with Gasteiger partial charge in [-0.1, -0.05) is 13.0 Å². The minimum atomic E-state index is 0.639. The van der Waals surface area contributed by atoms with Crippen molar-refractivity contribution in [2.75, 3.05) is 0 Å². The summed E-state index contributed by atoms with van der Waals surface area (Å²) in [5.41, 5.74) is 0. The number of aldehydes is 1. The van der Waals surface area contributed by atoms with Crippen molar-refractivity contribution in [3.8, 4) is 0 Å². The zero-order chi connectivity index (χ0) is 7.66. The fourth-order valence-electron chi connectivity index (χ4n) is 0.313. The maximum Gasteiger partial charge on any atom is 0.119 e. The SMILES string of the molecule is CCC=O.c1ccncc1. The molecule has 0 aliphatic heterocycles. The molecule has 54 valence electrons. The van der Waals surface area contributed by atoms with E-state index in [2.05, 4.69) is 4.98 Å². The molecule has 0 spiro atoms. The Morgan fingerprint density at radius 2 is 1.80 bits per heavy atom. The highest BCUT2D eigenvalue weighted by Crippen LogP contribution is 1.73. The van der Waals surface area contributed by atoms with Crippen LogP contribution in [0.3, 0.4) is 0 Å². The van der Waals surface area contributed by atoms with E-state index in [0.29, 0.717) is 6.42 Å². The summed E-state index contributed by atoms with van der Waals surface area (Å²) in [6.45, 7) is 1.81. The van der Waals surface area contributed by atoms with Crippen molar-refractivity contribution in [3.05, 3.63) is 30.6 Å². The molecule has 0 saturated heterocycles. The second-order valence-corrected chi connectivity index (χ2v) is 1.60. The highest BCUT2D eigenvalue weighted by molar-refractivity contribution is 5.48. The van der Waals surface area contributed by atoms with Crippen molar-refractivity contribution < 1.29 is 4.79 Å². The third kappa shape index (κ3) is 6.82. The lowest BCUT2D eigenvalue weighted by Crippen LogP contribution is -1.58. The minimum absolute atomic E-state index is 0.639. The van der Waals surface area contributed by atoms with Gasteiger partial charge in [0.25, 0.3) is 0 Å². The number of nitrogens with zero attached hydrogens (tertiary/aromatic N) is 1. The van der Waals surface area contributed by atoms with Gasteiger partial charge in [-0.3, -0.25) is 4.98 Å². The summed E-state index contributed by atoms with van der Waals surface area (Å²) >= 11 is 0. The fraction of sp³-hybridized carbons (Fsp3) is 0.250. The Morgan fingerprint density at radius 1 is 1.30 bits per heavy atom. The average Bonchev–Trinajstić information content (AvgIpc) is 2.08. The first kappa shape index (κ1) is 8.82. The van der Waals surface area contributed by atoms with Gasteiger partial charge in [0.2, 0.25) is 0 Å². The second-order valence-electron chi connectivity index (χ2n) is 1.60. The van der Waals surface area contributed by atoms with Crippen LogP contribution in [0.4, 0.5) is 0 Å². The summed E-state index contributed by atoms with van der Waals surface area (Å²) < 4.78 is 0. The van der Waals surface area contributed by atoms with Crippen LogP contribution in [-0.4, -0.2) is 11.3 Å². The first-order valence-electron chi connectivity index (χ1n) is 3.20. The van der Waals surface area contributed by atoms with Crippen molar-refractivity contribution in [3.63, 3.8) is 0 Å². The fourth-order valence-corrected chi connectivity index (χ4v) is 0.313. The summed E-state index contributed by atoms with van der Waals surface area (Å²) in [5.74, 6) is 0. The molecule has 0 radical (unpaired) electrons. The van der Waals surface area contributed by atoms with E-state index in [1.54, 1.807) is 12.4 Å². The third-order valence-corrected chi connectivity index (χ3v) is 0.733. The molecule has 1 heterocycles. The lowest BCUT2D eigenvalue weighted by molar-refractivity contribution is -0.107. The number of hydrogen-bond donors (Lipinski definition) is 0. The van der Waals surface area contributed by atoms with Gasteiger partial charge in [-0.05, 0) is 12.1 Å². The predicted octanol–water partition coefficient (Wildman–Crippen LogP) is 1.68. The predicted molar refractivity (Wildman–Crippen MR) is 40.6 cm³/mol. The Kier molecular flexibility index (Phi) is 6.90. The Bertz CT molecular complexity index is 124. The van der Waals surface area contributed by atoms with E-state index in [0.717, 1.165) is 6.29 Å². The van der Waals surface area contributed by atoms with E-state index in [4.69, 9.17) is 0 Å². The van der Waals surface area contributed by atoms with Gasteiger partial charge in [0.1, 0.15) is 6.29 Å². The van der Waals surface area contributed by atoms with Gasteiger partial charge >= 0.3 is 0 Å². The van der Waals surface area contributed by atoms with Crippen LogP contribution >= 0.6 is 0 Å². The molecule has 0 unspecified atom stereocenters. The molecule has 1 aromatic heterocycles. The summed E-state index contributed by atoms with van der Waals surface area (Å²) in [4.78, 5) is 13.0. The van der Waals surface area contributed by atoms with Gasteiger partial charge < -0.3 is 4.79 Å². The van der Waals surface area contributed by atoms with Crippen molar-refractivity contribution in [2.24, 2.45) is 0 Å². The Hall–Kier alpha value is -1.18. The normalized spacial score (nSPS) is 7.30. The molecule has 0 saturated carbocycles. The van der Waals surface area contributed by atoms with Crippen LogP contribution in [0.25, 0.3) is 0 Å². The van der Waals surface area contributed by atoms with Crippen LogP contribution < -0.4 is 0 Å². The third-order valence-electron chi connectivity index (χ3n) is 0.733. The van der Waals surface area contributed by atoms with Crippen molar-refractivity contribution in [1.82, 2.24) is 4.98 Å². The van der Waals surface area contributed by atoms with Crippen LogP contribution in [0.5, 0.6) is 0 Å². The maximum absolute atomic E-state index is 9.17. The molecule has 0 aliphatic rings. The number of aromatic nitrogens is 1. The molecule has 0 aliphatic carbocycles. The molecule has 0 atom stereocenters. The van der Waals surface area contributed by atoms with Gasteiger partial charge in [-0.15, -0.1) is 0 Å². The summed E-state index contributed by atoms with van der Waals surface area (Å²) in [6, 6.07) is 5.72. The minimum Gasteiger partial charge on any atom is -0.303 e. The van der Waals surface area contributed by atoms with Crippen LogP contribution in [0.2, 0.25) is 0 Å². The molecule has 1 aromatic rings. The lowest BCUT2D eigenvalue weighted by atomic mass is 10.5. The van der Waals surface area contributed by atoms with Crippen LogP contribution in [0.15, 0.2) is 30.6 Å². The summed E-state index contributed by atoms with van der Waals surface area (Å²) in [5, 5.41) is 0. The molecule has 0 bridgehead atoms. The smallest absolute Gasteiger partial charge is 0.119 e. The van der Waals surface area contributed by atoms with E-state index in [9.17, 15) is 4.79 Å². The molecule has 0 amide bonds. The van der Waals surface area contributed by atoms with Gasteiger partial charge in [0, 0.05) is 18.8 Å². The number of carbonyl (C=O) groups excluding carboxylic acids is 1. The quantitative estimate of drug-likeness (QED) is 0.551. The lowest BCUT2D eigenvalue weighted by Gasteiger charge is -1.70. The standard InChI is InChI=1S/C5H5N.C3H6O/c1-2-4-6-5-3-1;1-2-3-4/h1-5H;3H,2H2,1H3. The highest BCUT2D eigenvalue weighted by Gasteiger charge is 1.58. The highest BCUT2D eigenvalue weighted by atomic mass is 16.1. The first-order valence-corrected chi connectivity index (χ1v) is 3.20. The van der Waals surface area contributed by atoms with Gasteiger partial charge in [-0.2, -0.15) is 0 Å². The van der Waals surface area contributed by atoms with Crippen molar-refractivity contribution in [1.29, 1.82) is 0 Å². The topological polar surface area (TPSA) is 30.0 Å². The van der Waals surface area contributed by atoms with Gasteiger partial charge in [0.15, 0.2) is 0 Å². The molecule has 1 rings (SSSR count). The maximum atomic E-state index is 9.17. The Morgan fingerprint density at radius 3 is 1.90 bits per heavy atom. The van der Waals surface area contributed by atoms with Crippen LogP contribution in [0, 0.1) is 0 Å². The molecule has 0 fully saturated rings. The molecule has 0 aromatic carbocycles. The molecular weight excluding hydrogens is 126 g/mol. The molecule has 0 N–H and O–H groups in total. The van der Waals surface area contributed by atoms with Crippen molar-refractivity contribution >= 4 is 6.29 Å².